The third-order valence-corrected chi connectivity index (χ3v) is 4.10. The number of hydrogen-bond donors (Lipinski definition) is 0. The van der Waals surface area contributed by atoms with Gasteiger partial charge in [0, 0.05) is 17.0 Å². The summed E-state index contributed by atoms with van der Waals surface area (Å²) in [5.41, 5.74) is 3.25. The summed E-state index contributed by atoms with van der Waals surface area (Å²) in [5, 5.41) is 5.10. The summed E-state index contributed by atoms with van der Waals surface area (Å²) < 4.78 is 5.80. The zero-order chi connectivity index (χ0) is 15.7. The third kappa shape index (κ3) is 3.36. The van der Waals surface area contributed by atoms with Crippen molar-refractivity contribution in [3.8, 4) is 0 Å². The summed E-state index contributed by atoms with van der Waals surface area (Å²) in [6.07, 6.45) is 1.83. The van der Waals surface area contributed by atoms with E-state index in [1.165, 1.54) is 0 Å². The Morgan fingerprint density at radius 3 is 2.68 bits per heavy atom. The van der Waals surface area contributed by atoms with Crippen LogP contribution in [0.5, 0.6) is 0 Å². The van der Waals surface area contributed by atoms with Gasteiger partial charge in [0.1, 0.15) is 18.1 Å². The SMILES string of the molecule is Cc1cc2c(o1)CC(C)(C)CC2=NOCc1ccc(Cl)cc1. The topological polar surface area (TPSA) is 34.7 Å². The standard InChI is InChI=1S/C18H20ClNO2/c1-12-8-15-16(9-18(2,3)10-17(15)22-12)20-21-11-13-4-6-14(19)7-5-13/h4-8H,9-11H2,1-3H3. The Hall–Kier alpha value is -1.74. The molecule has 3 rings (SSSR count). The van der Waals surface area contributed by atoms with Crippen LogP contribution in [0.25, 0.3) is 0 Å². The third-order valence-electron chi connectivity index (χ3n) is 3.85. The number of nitrogens with zero attached hydrogens (tertiary/aromatic N) is 1. The molecule has 1 aliphatic rings. The van der Waals surface area contributed by atoms with Gasteiger partial charge in [-0.3, -0.25) is 0 Å². The summed E-state index contributed by atoms with van der Waals surface area (Å²) in [6.45, 7) is 6.86. The summed E-state index contributed by atoms with van der Waals surface area (Å²) in [5.74, 6) is 1.94. The minimum absolute atomic E-state index is 0.139. The lowest BCUT2D eigenvalue weighted by molar-refractivity contribution is 0.128. The minimum atomic E-state index is 0.139. The predicted molar refractivity (Wildman–Crippen MR) is 88.3 cm³/mol. The lowest BCUT2D eigenvalue weighted by Gasteiger charge is -2.28. The maximum Gasteiger partial charge on any atom is 0.142 e. The minimum Gasteiger partial charge on any atom is -0.466 e. The van der Waals surface area contributed by atoms with E-state index < -0.39 is 0 Å². The second kappa shape index (κ2) is 5.81. The van der Waals surface area contributed by atoms with Crippen LogP contribution in [0.3, 0.4) is 0 Å². The van der Waals surface area contributed by atoms with E-state index in [0.29, 0.717) is 6.61 Å². The number of fused-ring (bicyclic) bond motifs is 1. The molecule has 1 aromatic heterocycles. The van der Waals surface area contributed by atoms with Gasteiger partial charge in [0.25, 0.3) is 0 Å². The van der Waals surface area contributed by atoms with Crippen LogP contribution in [-0.2, 0) is 17.9 Å². The first-order valence-electron chi connectivity index (χ1n) is 7.46. The Kier molecular flexibility index (Phi) is 4.00. The van der Waals surface area contributed by atoms with E-state index in [1.807, 2.05) is 31.2 Å². The Morgan fingerprint density at radius 1 is 1.23 bits per heavy atom. The number of halogens is 1. The molecule has 0 amide bonds. The maximum absolute atomic E-state index is 5.88. The molecule has 1 aliphatic carbocycles. The first-order valence-corrected chi connectivity index (χ1v) is 7.84. The van der Waals surface area contributed by atoms with Gasteiger partial charge in [-0.2, -0.15) is 0 Å². The van der Waals surface area contributed by atoms with Gasteiger partial charge in [-0.25, -0.2) is 0 Å². The maximum atomic E-state index is 5.88. The Balaban J connectivity index is 1.76. The molecule has 0 atom stereocenters. The van der Waals surface area contributed by atoms with Crippen molar-refractivity contribution in [2.75, 3.05) is 0 Å². The Morgan fingerprint density at radius 2 is 1.95 bits per heavy atom. The fourth-order valence-electron chi connectivity index (χ4n) is 2.83. The molecular weight excluding hydrogens is 298 g/mol. The molecule has 0 unspecified atom stereocenters. The zero-order valence-corrected chi connectivity index (χ0v) is 13.9. The smallest absolute Gasteiger partial charge is 0.142 e. The van der Waals surface area contributed by atoms with Crippen molar-refractivity contribution in [2.45, 2.75) is 40.2 Å². The quantitative estimate of drug-likeness (QED) is 0.735. The van der Waals surface area contributed by atoms with Gasteiger partial charge in [0.2, 0.25) is 0 Å². The Bertz CT molecular complexity index is 698. The molecule has 0 saturated carbocycles. The van der Waals surface area contributed by atoms with Gasteiger partial charge >= 0.3 is 0 Å². The molecule has 0 fully saturated rings. The van der Waals surface area contributed by atoms with Crippen LogP contribution in [0, 0.1) is 12.3 Å². The van der Waals surface area contributed by atoms with Crippen molar-refractivity contribution in [1.29, 1.82) is 0 Å². The summed E-state index contributed by atoms with van der Waals surface area (Å²) >= 11 is 5.88. The first-order chi connectivity index (χ1) is 10.4. The molecule has 1 heterocycles. The molecule has 4 heteroatoms. The molecule has 3 nitrogen and oxygen atoms in total. The van der Waals surface area contributed by atoms with Crippen LogP contribution in [0.15, 0.2) is 39.9 Å². The average Bonchev–Trinajstić information content (AvgIpc) is 2.80. The fraction of sp³-hybridized carbons (Fsp3) is 0.389. The van der Waals surface area contributed by atoms with E-state index in [1.54, 1.807) is 0 Å². The predicted octanol–water partition coefficient (Wildman–Crippen LogP) is 5.13. The highest BCUT2D eigenvalue weighted by atomic mass is 35.5. The number of rotatable bonds is 3. The summed E-state index contributed by atoms with van der Waals surface area (Å²) in [4.78, 5) is 5.56. The fourth-order valence-corrected chi connectivity index (χ4v) is 2.96. The van der Waals surface area contributed by atoms with Crippen molar-refractivity contribution in [3.63, 3.8) is 0 Å². The van der Waals surface area contributed by atoms with Crippen molar-refractivity contribution in [1.82, 2.24) is 0 Å². The molecule has 0 spiro atoms. The second-order valence-corrected chi connectivity index (χ2v) is 7.09. The molecule has 0 bridgehead atoms. The first kappa shape index (κ1) is 15.2. The van der Waals surface area contributed by atoms with Crippen molar-refractivity contribution < 1.29 is 9.25 Å². The molecule has 22 heavy (non-hydrogen) atoms. The molecular formula is C18H20ClNO2. The highest BCUT2D eigenvalue weighted by Gasteiger charge is 2.32. The van der Waals surface area contributed by atoms with Gasteiger partial charge < -0.3 is 9.25 Å². The van der Waals surface area contributed by atoms with E-state index in [0.717, 1.165) is 46.2 Å². The molecule has 116 valence electrons. The number of benzene rings is 1. The monoisotopic (exact) mass is 317 g/mol. The Labute approximate surface area is 135 Å². The lowest BCUT2D eigenvalue weighted by Crippen LogP contribution is -2.26. The average molecular weight is 318 g/mol. The number of oxime groups is 1. The van der Waals surface area contributed by atoms with Crippen LogP contribution in [-0.4, -0.2) is 5.71 Å². The van der Waals surface area contributed by atoms with E-state index in [2.05, 4.69) is 25.1 Å². The van der Waals surface area contributed by atoms with Crippen LogP contribution in [0.2, 0.25) is 5.02 Å². The van der Waals surface area contributed by atoms with Gasteiger partial charge in [-0.1, -0.05) is 42.7 Å². The van der Waals surface area contributed by atoms with Crippen LogP contribution < -0.4 is 0 Å². The van der Waals surface area contributed by atoms with E-state index in [9.17, 15) is 0 Å². The van der Waals surface area contributed by atoms with Crippen molar-refractivity contribution in [3.05, 3.63) is 58.0 Å². The number of aryl methyl sites for hydroxylation is 1. The number of hydrogen-bond acceptors (Lipinski definition) is 3. The van der Waals surface area contributed by atoms with E-state index in [4.69, 9.17) is 20.9 Å². The molecule has 1 aromatic carbocycles. The highest BCUT2D eigenvalue weighted by molar-refractivity contribution is 6.30. The van der Waals surface area contributed by atoms with E-state index >= 15 is 0 Å². The summed E-state index contributed by atoms with van der Waals surface area (Å²) in [7, 11) is 0. The van der Waals surface area contributed by atoms with Crippen molar-refractivity contribution in [2.24, 2.45) is 10.6 Å². The second-order valence-electron chi connectivity index (χ2n) is 6.65. The lowest BCUT2D eigenvalue weighted by atomic mass is 9.76. The molecule has 0 saturated heterocycles. The van der Waals surface area contributed by atoms with Crippen LogP contribution >= 0.6 is 11.6 Å². The van der Waals surface area contributed by atoms with Crippen molar-refractivity contribution >= 4 is 17.3 Å². The van der Waals surface area contributed by atoms with Crippen LogP contribution in [0.4, 0.5) is 0 Å². The van der Waals surface area contributed by atoms with Gasteiger partial charge in [-0.05, 0) is 42.5 Å². The summed E-state index contributed by atoms with van der Waals surface area (Å²) in [6, 6.07) is 9.65. The van der Waals surface area contributed by atoms with Gasteiger partial charge in [0.05, 0.1) is 5.71 Å². The van der Waals surface area contributed by atoms with Gasteiger partial charge in [0.15, 0.2) is 0 Å². The van der Waals surface area contributed by atoms with Crippen LogP contribution in [0.1, 0.15) is 42.9 Å². The highest BCUT2D eigenvalue weighted by Crippen LogP contribution is 2.36. The number of furan rings is 1. The molecule has 2 aromatic rings. The largest absolute Gasteiger partial charge is 0.466 e. The zero-order valence-electron chi connectivity index (χ0n) is 13.1. The van der Waals surface area contributed by atoms with Gasteiger partial charge in [-0.15, -0.1) is 0 Å². The molecule has 0 N–H and O–H groups in total. The molecule has 0 radical (unpaired) electrons. The normalized spacial score (nSPS) is 18.3. The molecule has 0 aliphatic heterocycles. The van der Waals surface area contributed by atoms with E-state index in [-0.39, 0.29) is 5.41 Å².